The summed E-state index contributed by atoms with van der Waals surface area (Å²) in [4.78, 5) is 25.2. The van der Waals surface area contributed by atoms with Gasteiger partial charge in [-0.2, -0.15) is 0 Å². The molecule has 1 N–H and O–H groups in total. The molecule has 1 aromatic rings. The molecule has 0 saturated carbocycles. The van der Waals surface area contributed by atoms with Crippen molar-refractivity contribution in [2.75, 3.05) is 13.1 Å². The Bertz CT molecular complexity index is 460. The van der Waals surface area contributed by atoms with Gasteiger partial charge in [0.25, 0.3) is 5.91 Å². The number of rotatable bonds is 3. The minimum absolute atomic E-state index is 0.0546. The zero-order chi connectivity index (χ0) is 13.1. The van der Waals surface area contributed by atoms with Crippen LogP contribution in [-0.2, 0) is 4.79 Å². The highest BCUT2D eigenvalue weighted by molar-refractivity contribution is 7.12. The molecule has 1 saturated heterocycles. The molecule has 0 aromatic carbocycles. The number of amides is 1. The van der Waals surface area contributed by atoms with E-state index < -0.39 is 5.97 Å². The molecule has 1 aliphatic heterocycles. The van der Waals surface area contributed by atoms with E-state index in [1.165, 1.54) is 11.3 Å². The number of carbonyl (C=O) groups is 2. The molecule has 0 bridgehead atoms. The number of hydrogen-bond acceptors (Lipinski definition) is 3. The number of piperidine rings is 1. The third-order valence-corrected chi connectivity index (χ3v) is 4.41. The van der Waals surface area contributed by atoms with Crippen LogP contribution in [0, 0.1) is 5.92 Å². The first kappa shape index (κ1) is 13.4. The highest BCUT2D eigenvalue weighted by atomic mass is 35.5. The molecular formula is C12H14ClNO3S. The lowest BCUT2D eigenvalue weighted by molar-refractivity contribution is -0.138. The fourth-order valence-electron chi connectivity index (χ4n) is 2.25. The lowest BCUT2D eigenvalue weighted by atomic mass is 9.95. The van der Waals surface area contributed by atoms with Gasteiger partial charge in [0.1, 0.15) is 4.88 Å². The average Bonchev–Trinajstić information content (AvgIpc) is 2.74. The van der Waals surface area contributed by atoms with Crippen LogP contribution in [0.4, 0.5) is 0 Å². The van der Waals surface area contributed by atoms with Crippen LogP contribution < -0.4 is 0 Å². The molecule has 1 fully saturated rings. The van der Waals surface area contributed by atoms with Crippen molar-refractivity contribution in [2.45, 2.75) is 19.3 Å². The zero-order valence-electron chi connectivity index (χ0n) is 9.76. The van der Waals surface area contributed by atoms with Gasteiger partial charge < -0.3 is 10.0 Å². The van der Waals surface area contributed by atoms with E-state index in [1.807, 2.05) is 0 Å². The zero-order valence-corrected chi connectivity index (χ0v) is 11.3. The van der Waals surface area contributed by atoms with E-state index in [4.69, 9.17) is 16.7 Å². The van der Waals surface area contributed by atoms with Crippen molar-refractivity contribution in [3.8, 4) is 0 Å². The van der Waals surface area contributed by atoms with Gasteiger partial charge in [-0.15, -0.1) is 11.3 Å². The first-order valence-corrected chi connectivity index (χ1v) is 7.07. The molecule has 1 aromatic heterocycles. The second-order valence-corrected chi connectivity index (χ2v) is 5.78. The normalized spacial score (nSPS) is 19.8. The Hall–Kier alpha value is -1.07. The largest absolute Gasteiger partial charge is 0.481 e. The number of carbonyl (C=O) groups excluding carboxylic acids is 1. The fraction of sp³-hybridized carbons (Fsp3) is 0.500. The maximum absolute atomic E-state index is 12.2. The van der Waals surface area contributed by atoms with Crippen molar-refractivity contribution < 1.29 is 14.7 Å². The van der Waals surface area contributed by atoms with Gasteiger partial charge in [0.05, 0.1) is 5.02 Å². The Morgan fingerprint density at radius 3 is 2.94 bits per heavy atom. The van der Waals surface area contributed by atoms with Crippen LogP contribution in [0.5, 0.6) is 0 Å². The lowest BCUT2D eigenvalue weighted by Gasteiger charge is -2.31. The summed E-state index contributed by atoms with van der Waals surface area (Å²) in [6.07, 6.45) is 1.85. The predicted octanol–water partition coefficient (Wildman–Crippen LogP) is 2.73. The number of halogens is 1. The van der Waals surface area contributed by atoms with Gasteiger partial charge in [0.2, 0.25) is 0 Å². The van der Waals surface area contributed by atoms with Crippen LogP contribution in [0.15, 0.2) is 11.4 Å². The van der Waals surface area contributed by atoms with E-state index in [2.05, 4.69) is 0 Å². The van der Waals surface area contributed by atoms with Crippen LogP contribution in [0.1, 0.15) is 28.9 Å². The Morgan fingerprint density at radius 2 is 2.33 bits per heavy atom. The van der Waals surface area contributed by atoms with Crippen LogP contribution >= 0.6 is 22.9 Å². The third-order valence-electron chi connectivity index (χ3n) is 3.08. The summed E-state index contributed by atoms with van der Waals surface area (Å²) in [7, 11) is 0. The molecule has 2 heterocycles. The van der Waals surface area contributed by atoms with E-state index >= 15 is 0 Å². The lowest BCUT2D eigenvalue weighted by Crippen LogP contribution is -2.40. The second kappa shape index (κ2) is 5.71. The van der Waals surface area contributed by atoms with E-state index in [0.29, 0.717) is 23.0 Å². The van der Waals surface area contributed by atoms with Crippen molar-refractivity contribution in [2.24, 2.45) is 5.92 Å². The van der Waals surface area contributed by atoms with Gasteiger partial charge >= 0.3 is 5.97 Å². The van der Waals surface area contributed by atoms with Gasteiger partial charge in [0.15, 0.2) is 0 Å². The number of hydrogen-bond donors (Lipinski definition) is 1. The standard InChI is InChI=1S/C12H14ClNO3S/c13-9-3-5-18-11(9)12(17)14-4-1-2-8(7-14)6-10(15)16/h3,5,8H,1-2,4,6-7H2,(H,15,16). The number of aliphatic carboxylic acids is 1. The average molecular weight is 288 g/mol. The summed E-state index contributed by atoms with van der Waals surface area (Å²) < 4.78 is 0. The number of thiophene rings is 1. The summed E-state index contributed by atoms with van der Waals surface area (Å²) >= 11 is 7.27. The van der Waals surface area contributed by atoms with Crippen molar-refractivity contribution in [1.29, 1.82) is 0 Å². The second-order valence-electron chi connectivity index (χ2n) is 4.45. The van der Waals surface area contributed by atoms with Crippen molar-refractivity contribution in [3.05, 3.63) is 21.3 Å². The van der Waals surface area contributed by atoms with Gasteiger partial charge in [-0.05, 0) is 30.2 Å². The van der Waals surface area contributed by atoms with E-state index in [9.17, 15) is 9.59 Å². The SMILES string of the molecule is O=C(O)CC1CCCN(C(=O)c2sccc2Cl)C1. The number of nitrogens with zero attached hydrogens (tertiary/aromatic N) is 1. The third kappa shape index (κ3) is 3.03. The highest BCUT2D eigenvalue weighted by Crippen LogP contribution is 2.27. The molecule has 98 valence electrons. The molecule has 1 aliphatic rings. The molecule has 18 heavy (non-hydrogen) atoms. The van der Waals surface area contributed by atoms with Gasteiger partial charge in [-0.3, -0.25) is 9.59 Å². The maximum atomic E-state index is 12.2. The molecule has 4 nitrogen and oxygen atoms in total. The van der Waals surface area contributed by atoms with Crippen LogP contribution in [0.3, 0.4) is 0 Å². The van der Waals surface area contributed by atoms with E-state index in [-0.39, 0.29) is 18.2 Å². The minimum atomic E-state index is -0.802. The molecule has 1 atom stereocenters. The predicted molar refractivity (Wildman–Crippen MR) is 70.2 cm³/mol. The molecule has 1 unspecified atom stereocenters. The van der Waals surface area contributed by atoms with Crippen LogP contribution in [-0.4, -0.2) is 35.0 Å². The number of carboxylic acid groups (broad SMARTS) is 1. The van der Waals surface area contributed by atoms with Crippen LogP contribution in [0.2, 0.25) is 5.02 Å². The maximum Gasteiger partial charge on any atom is 0.303 e. The Balaban J connectivity index is 2.03. The fourth-order valence-corrected chi connectivity index (χ4v) is 3.36. The molecule has 0 aliphatic carbocycles. The minimum Gasteiger partial charge on any atom is -0.481 e. The Morgan fingerprint density at radius 1 is 1.56 bits per heavy atom. The van der Waals surface area contributed by atoms with E-state index in [1.54, 1.807) is 16.3 Å². The first-order chi connectivity index (χ1) is 8.58. The molecule has 1 amide bonds. The summed E-state index contributed by atoms with van der Waals surface area (Å²) in [5, 5.41) is 11.1. The van der Waals surface area contributed by atoms with E-state index in [0.717, 1.165) is 12.8 Å². The van der Waals surface area contributed by atoms with Crippen molar-refractivity contribution in [3.63, 3.8) is 0 Å². The van der Waals surface area contributed by atoms with Gasteiger partial charge in [0, 0.05) is 19.5 Å². The number of carboxylic acids is 1. The number of likely N-dealkylation sites (tertiary alicyclic amines) is 1. The molecule has 0 spiro atoms. The van der Waals surface area contributed by atoms with Crippen molar-refractivity contribution in [1.82, 2.24) is 4.90 Å². The molecule has 2 rings (SSSR count). The van der Waals surface area contributed by atoms with Gasteiger partial charge in [-0.25, -0.2) is 0 Å². The topological polar surface area (TPSA) is 57.6 Å². The van der Waals surface area contributed by atoms with Gasteiger partial charge in [-0.1, -0.05) is 11.6 Å². The summed E-state index contributed by atoms with van der Waals surface area (Å²) in [6, 6.07) is 1.71. The monoisotopic (exact) mass is 287 g/mol. The Kier molecular flexibility index (Phi) is 4.24. The first-order valence-electron chi connectivity index (χ1n) is 5.82. The molecule has 6 heteroatoms. The smallest absolute Gasteiger partial charge is 0.303 e. The Labute approximate surface area is 114 Å². The summed E-state index contributed by atoms with van der Waals surface area (Å²) in [6.45, 7) is 1.20. The van der Waals surface area contributed by atoms with Crippen LogP contribution in [0.25, 0.3) is 0 Å². The molecule has 0 radical (unpaired) electrons. The van der Waals surface area contributed by atoms with Crippen molar-refractivity contribution >= 4 is 34.8 Å². The quantitative estimate of drug-likeness (QED) is 0.930. The highest BCUT2D eigenvalue weighted by Gasteiger charge is 2.27. The summed E-state index contributed by atoms with van der Waals surface area (Å²) in [5.74, 6) is -0.826. The summed E-state index contributed by atoms with van der Waals surface area (Å²) in [5.41, 5.74) is 0. The molecular weight excluding hydrogens is 274 g/mol.